The van der Waals surface area contributed by atoms with Crippen molar-refractivity contribution in [3.63, 3.8) is 0 Å². The first-order valence-corrected chi connectivity index (χ1v) is 19.9. The van der Waals surface area contributed by atoms with E-state index in [1.165, 1.54) is 25.0 Å². The van der Waals surface area contributed by atoms with Crippen molar-refractivity contribution >= 4 is 53.3 Å². The molecule has 24 heteroatoms. The Bertz CT molecular complexity index is 1780. The second kappa shape index (κ2) is 25.8. The Morgan fingerprint density at radius 3 is 1.75 bits per heavy atom. The third kappa shape index (κ3) is 18.1. The van der Waals surface area contributed by atoms with Gasteiger partial charge in [-0.05, 0) is 31.1 Å². The standard InChI is InChI=1S/C37H61N15O9/c1-5-19(3)29(51-31(55)23(38)12-21-14-42-17-46-21)35(59)45-16-28(54)48-25(9-10-27(39)53)33(57)49-24(8-7-11-44-37(40)41)32(56)50-26(13-22-15-43-18-47-22)34(58)52-30(36(60)61)20(4)6-2/h14-15,17-20,23-26,29-30H,5-13,16,38H2,1-4H3,(H2,39,53)(H,42,46)(H,43,47)(H,45,59)(H,48,54)(H,49,57)(H,50,56)(H,51,55)(H,52,58)(H,60,61)(H4,40,41,44)/t19-,20-,23-,24-,25-,26-,29-,30-/m0/s1. The van der Waals surface area contributed by atoms with E-state index in [4.69, 9.17) is 22.9 Å². The van der Waals surface area contributed by atoms with Crippen molar-refractivity contribution < 1.29 is 43.5 Å². The molecule has 0 fully saturated rings. The molecule has 338 valence electrons. The lowest BCUT2D eigenvalue weighted by molar-refractivity contribution is -0.144. The molecule has 61 heavy (non-hydrogen) atoms. The van der Waals surface area contributed by atoms with Crippen LogP contribution in [-0.4, -0.2) is 128 Å². The van der Waals surface area contributed by atoms with Gasteiger partial charge in [-0.1, -0.05) is 40.5 Å². The van der Waals surface area contributed by atoms with Crippen LogP contribution in [0, 0.1) is 11.8 Å². The van der Waals surface area contributed by atoms with Crippen molar-refractivity contribution in [1.82, 2.24) is 51.8 Å². The maximum absolute atomic E-state index is 13.9. The SMILES string of the molecule is CC[C@H](C)[C@H](NC(=O)[C@H](Cc1cnc[nH]1)NC(=O)[C@H](CCCN=C(N)N)NC(=O)[C@H](CCC(N)=O)NC(=O)CNC(=O)[C@@H](NC(=O)[C@@H](N)Cc1cnc[nH]1)[C@@H](C)CC)C(=O)O. The van der Waals surface area contributed by atoms with Crippen LogP contribution in [0.4, 0.5) is 0 Å². The summed E-state index contributed by atoms with van der Waals surface area (Å²) in [5.74, 6) is -7.89. The van der Waals surface area contributed by atoms with E-state index >= 15 is 0 Å². The van der Waals surface area contributed by atoms with Gasteiger partial charge in [-0.25, -0.2) is 14.8 Å². The molecule has 0 saturated carbocycles. The monoisotopic (exact) mass is 859 g/mol. The number of guanidine groups is 1. The van der Waals surface area contributed by atoms with E-state index in [9.17, 15) is 43.5 Å². The first kappa shape index (κ1) is 50.6. The normalized spacial score (nSPS) is 14.9. The van der Waals surface area contributed by atoms with Gasteiger partial charge in [-0.15, -0.1) is 0 Å². The fourth-order valence-corrected chi connectivity index (χ4v) is 5.85. The van der Waals surface area contributed by atoms with E-state index < -0.39 is 96.0 Å². The molecule has 0 radical (unpaired) electrons. The number of hydrogen-bond donors (Lipinski definition) is 13. The minimum absolute atomic E-state index is 0.0467. The summed E-state index contributed by atoms with van der Waals surface area (Å²) in [6.07, 6.45) is 6.02. The van der Waals surface area contributed by atoms with Gasteiger partial charge in [0, 0.05) is 49.6 Å². The smallest absolute Gasteiger partial charge is 0.326 e. The summed E-state index contributed by atoms with van der Waals surface area (Å²) in [6.45, 7) is 6.34. The highest BCUT2D eigenvalue weighted by molar-refractivity contribution is 5.96. The number of nitrogens with zero attached hydrogens (tertiary/aromatic N) is 3. The molecule has 7 amide bonds. The zero-order valence-corrected chi connectivity index (χ0v) is 34.9. The maximum Gasteiger partial charge on any atom is 0.326 e. The number of primary amides is 1. The minimum Gasteiger partial charge on any atom is -0.480 e. The number of carboxylic acids is 1. The molecule has 17 N–H and O–H groups in total. The zero-order chi connectivity index (χ0) is 45.6. The Morgan fingerprint density at radius 1 is 0.705 bits per heavy atom. The molecular weight excluding hydrogens is 799 g/mol. The first-order chi connectivity index (χ1) is 28.9. The molecule has 0 unspecified atom stereocenters. The van der Waals surface area contributed by atoms with Crippen LogP contribution in [-0.2, 0) is 51.2 Å². The van der Waals surface area contributed by atoms with Crippen molar-refractivity contribution in [2.75, 3.05) is 13.1 Å². The summed E-state index contributed by atoms with van der Waals surface area (Å²) in [6, 6.07) is -7.54. The predicted octanol–water partition coefficient (Wildman–Crippen LogP) is -3.72. The lowest BCUT2D eigenvalue weighted by atomic mass is 9.97. The Kier molecular flexibility index (Phi) is 21.4. The lowest BCUT2D eigenvalue weighted by Crippen LogP contribution is -2.59. The number of aliphatic carboxylic acids is 1. The molecule has 0 bridgehead atoms. The number of carbonyl (C=O) groups excluding carboxylic acids is 7. The molecule has 2 aromatic heterocycles. The number of H-pyrrole nitrogens is 2. The third-order valence-corrected chi connectivity index (χ3v) is 9.85. The number of carboxylic acid groups (broad SMARTS) is 1. The van der Waals surface area contributed by atoms with Gasteiger partial charge in [-0.3, -0.25) is 38.6 Å². The topological polar surface area (TPSA) is 403 Å². The number of hydrogen-bond acceptors (Lipinski definition) is 12. The van der Waals surface area contributed by atoms with Gasteiger partial charge in [0.2, 0.25) is 41.4 Å². The number of imidazole rings is 2. The van der Waals surface area contributed by atoms with E-state index in [0.717, 1.165) is 0 Å². The van der Waals surface area contributed by atoms with Crippen LogP contribution in [0.5, 0.6) is 0 Å². The van der Waals surface area contributed by atoms with Gasteiger partial charge >= 0.3 is 5.97 Å². The Labute approximate surface area is 352 Å². The van der Waals surface area contributed by atoms with E-state index in [1.54, 1.807) is 20.8 Å². The van der Waals surface area contributed by atoms with Crippen LogP contribution in [0.25, 0.3) is 0 Å². The summed E-state index contributed by atoms with van der Waals surface area (Å²) in [7, 11) is 0. The maximum atomic E-state index is 13.9. The van der Waals surface area contributed by atoms with Crippen LogP contribution >= 0.6 is 0 Å². The number of rotatable bonds is 28. The molecule has 0 spiro atoms. The van der Waals surface area contributed by atoms with Crippen molar-refractivity contribution in [3.05, 3.63) is 36.4 Å². The van der Waals surface area contributed by atoms with Crippen LogP contribution < -0.4 is 54.8 Å². The van der Waals surface area contributed by atoms with Gasteiger partial charge in [-0.2, -0.15) is 0 Å². The van der Waals surface area contributed by atoms with Gasteiger partial charge in [0.05, 0.1) is 25.2 Å². The predicted molar refractivity (Wildman–Crippen MR) is 220 cm³/mol. The molecule has 24 nitrogen and oxygen atoms in total. The molecule has 2 rings (SSSR count). The quantitative estimate of drug-likeness (QED) is 0.0222. The van der Waals surface area contributed by atoms with Crippen LogP contribution in [0.15, 0.2) is 30.0 Å². The highest BCUT2D eigenvalue weighted by Crippen LogP contribution is 2.11. The summed E-state index contributed by atoms with van der Waals surface area (Å²) >= 11 is 0. The zero-order valence-electron chi connectivity index (χ0n) is 34.9. The van der Waals surface area contributed by atoms with Gasteiger partial charge in [0.15, 0.2) is 5.96 Å². The Balaban J connectivity index is 2.26. The van der Waals surface area contributed by atoms with E-state index in [2.05, 4.69) is 56.8 Å². The molecule has 0 aliphatic rings. The fraction of sp³-hybridized carbons (Fsp3) is 0.595. The van der Waals surface area contributed by atoms with Gasteiger partial charge in [0.25, 0.3) is 0 Å². The summed E-state index contributed by atoms with van der Waals surface area (Å²) in [4.78, 5) is 122. The second-order valence-electron chi connectivity index (χ2n) is 14.7. The summed E-state index contributed by atoms with van der Waals surface area (Å²) in [5.41, 5.74) is 23.3. The number of aliphatic imine (C=N–C) groups is 1. The Morgan fingerprint density at radius 2 is 1.23 bits per heavy atom. The number of amides is 7. The number of nitrogens with one attached hydrogen (secondary N) is 8. The number of nitrogens with two attached hydrogens (primary N) is 4. The van der Waals surface area contributed by atoms with E-state index in [-0.39, 0.29) is 56.9 Å². The average molecular weight is 860 g/mol. The van der Waals surface area contributed by atoms with Crippen LogP contribution in [0.2, 0.25) is 0 Å². The highest BCUT2D eigenvalue weighted by Gasteiger charge is 2.34. The molecule has 0 aliphatic heterocycles. The minimum atomic E-state index is -1.45. The van der Waals surface area contributed by atoms with Gasteiger partial charge in [0.1, 0.15) is 30.2 Å². The van der Waals surface area contributed by atoms with E-state index in [0.29, 0.717) is 24.2 Å². The van der Waals surface area contributed by atoms with Crippen molar-refractivity contribution in [2.45, 2.75) is 115 Å². The highest BCUT2D eigenvalue weighted by atomic mass is 16.4. The van der Waals surface area contributed by atoms with Crippen LogP contribution in [0.3, 0.4) is 0 Å². The van der Waals surface area contributed by atoms with Crippen molar-refractivity contribution in [1.29, 1.82) is 0 Å². The number of aromatic amines is 2. The molecule has 0 aliphatic carbocycles. The first-order valence-electron chi connectivity index (χ1n) is 19.9. The molecular formula is C37H61N15O9. The Hall–Kier alpha value is -6.59. The second-order valence-corrected chi connectivity index (χ2v) is 14.7. The van der Waals surface area contributed by atoms with Gasteiger partial charge < -0.3 is 69.9 Å². The fourth-order valence-electron chi connectivity index (χ4n) is 5.85. The molecule has 8 atom stereocenters. The summed E-state index contributed by atoms with van der Waals surface area (Å²) < 4.78 is 0. The molecule has 2 aromatic rings. The van der Waals surface area contributed by atoms with Crippen LogP contribution in [0.1, 0.15) is 77.6 Å². The number of carbonyl (C=O) groups is 8. The third-order valence-electron chi connectivity index (χ3n) is 9.85. The summed E-state index contributed by atoms with van der Waals surface area (Å²) in [5, 5.41) is 25.0. The van der Waals surface area contributed by atoms with E-state index in [1.807, 2.05) is 6.92 Å². The molecule has 2 heterocycles. The lowest BCUT2D eigenvalue weighted by Gasteiger charge is -2.27. The number of aromatic nitrogens is 4. The molecule has 0 aromatic carbocycles. The average Bonchev–Trinajstić information content (AvgIpc) is 3.94. The van der Waals surface area contributed by atoms with Crippen molar-refractivity contribution in [3.8, 4) is 0 Å². The largest absolute Gasteiger partial charge is 0.480 e. The van der Waals surface area contributed by atoms with Crippen molar-refractivity contribution in [2.24, 2.45) is 39.8 Å². The molecule has 0 saturated heterocycles.